The number of carbonyl (C=O) groups is 2. The number of rotatable bonds is 8. The summed E-state index contributed by atoms with van der Waals surface area (Å²) in [7, 11) is 0. The molecule has 1 saturated carbocycles. The van der Waals surface area contributed by atoms with E-state index in [1.165, 1.54) is 27.8 Å². The summed E-state index contributed by atoms with van der Waals surface area (Å²) in [6.45, 7) is 2.34. The van der Waals surface area contributed by atoms with Crippen molar-refractivity contribution in [1.29, 1.82) is 0 Å². The van der Waals surface area contributed by atoms with Gasteiger partial charge in [0, 0.05) is 24.9 Å². The maximum Gasteiger partial charge on any atom is 0.325 e. The minimum Gasteiger partial charge on any atom is -0.465 e. The highest BCUT2D eigenvalue weighted by Gasteiger charge is 2.29. The van der Waals surface area contributed by atoms with Crippen molar-refractivity contribution in [2.45, 2.75) is 19.8 Å². The predicted molar refractivity (Wildman–Crippen MR) is 95.5 cm³/mol. The molecule has 0 N–H and O–H groups in total. The van der Waals surface area contributed by atoms with E-state index < -0.39 is 10.9 Å². The summed E-state index contributed by atoms with van der Waals surface area (Å²) in [5.41, 5.74) is 0.586. The highest BCUT2D eigenvalue weighted by Crippen LogP contribution is 2.30. The molecule has 3 rings (SSSR count). The lowest BCUT2D eigenvalue weighted by Gasteiger charge is -2.20. The van der Waals surface area contributed by atoms with E-state index in [9.17, 15) is 19.7 Å². The van der Waals surface area contributed by atoms with Crippen molar-refractivity contribution in [3.05, 3.63) is 52.3 Å². The van der Waals surface area contributed by atoms with Crippen molar-refractivity contribution in [3.8, 4) is 5.69 Å². The predicted octanol–water partition coefficient (Wildman–Crippen LogP) is 2.20. The molecule has 1 aromatic carbocycles. The van der Waals surface area contributed by atoms with Gasteiger partial charge in [-0.05, 0) is 37.8 Å². The molecule has 1 fully saturated rings. The van der Waals surface area contributed by atoms with Crippen LogP contribution in [-0.4, -0.2) is 51.2 Å². The molecule has 0 atom stereocenters. The SMILES string of the molecule is CCOC(=O)CN(CC1CC1)C(=O)c1ccn(-c2cccc([N+](=O)[O-])c2)n1. The molecule has 27 heavy (non-hydrogen) atoms. The lowest BCUT2D eigenvalue weighted by Crippen LogP contribution is -2.38. The van der Waals surface area contributed by atoms with Gasteiger partial charge in [-0.3, -0.25) is 19.7 Å². The summed E-state index contributed by atoms with van der Waals surface area (Å²) in [5.74, 6) is -0.411. The molecular formula is C18H20N4O5. The molecule has 1 amide bonds. The molecule has 0 radical (unpaired) electrons. The van der Waals surface area contributed by atoms with E-state index in [0.29, 0.717) is 18.2 Å². The molecule has 1 aromatic heterocycles. The third kappa shape index (κ3) is 4.69. The molecule has 9 nitrogen and oxygen atoms in total. The molecule has 0 bridgehead atoms. The maximum absolute atomic E-state index is 12.8. The zero-order chi connectivity index (χ0) is 19.4. The monoisotopic (exact) mass is 372 g/mol. The normalized spacial score (nSPS) is 13.2. The molecule has 1 aliphatic rings. The number of nitro groups is 1. The highest BCUT2D eigenvalue weighted by atomic mass is 16.6. The zero-order valence-electron chi connectivity index (χ0n) is 14.9. The Morgan fingerprint density at radius 3 is 2.81 bits per heavy atom. The number of amides is 1. The summed E-state index contributed by atoms with van der Waals surface area (Å²) in [6, 6.07) is 7.51. The van der Waals surface area contributed by atoms with E-state index in [0.717, 1.165) is 12.8 Å². The van der Waals surface area contributed by atoms with Crippen LogP contribution < -0.4 is 0 Å². The van der Waals surface area contributed by atoms with Crippen molar-refractivity contribution in [2.75, 3.05) is 19.7 Å². The fourth-order valence-electron chi connectivity index (χ4n) is 2.69. The van der Waals surface area contributed by atoms with Gasteiger partial charge in [-0.1, -0.05) is 6.07 Å². The van der Waals surface area contributed by atoms with E-state index in [1.807, 2.05) is 0 Å². The number of nitro benzene ring substituents is 1. The minimum atomic E-state index is -0.490. The summed E-state index contributed by atoms with van der Waals surface area (Å²) in [5, 5.41) is 15.2. The van der Waals surface area contributed by atoms with Gasteiger partial charge in [-0.25, -0.2) is 4.68 Å². The van der Waals surface area contributed by atoms with Crippen molar-refractivity contribution < 1.29 is 19.2 Å². The number of hydrogen-bond donors (Lipinski definition) is 0. The van der Waals surface area contributed by atoms with Crippen LogP contribution >= 0.6 is 0 Å². The molecule has 0 aliphatic heterocycles. The third-order valence-electron chi connectivity index (χ3n) is 4.20. The van der Waals surface area contributed by atoms with Gasteiger partial charge in [0.2, 0.25) is 0 Å². The molecule has 1 heterocycles. The molecule has 0 spiro atoms. The van der Waals surface area contributed by atoms with E-state index in [4.69, 9.17) is 4.74 Å². The first-order chi connectivity index (χ1) is 13.0. The number of ether oxygens (including phenoxy) is 1. The Morgan fingerprint density at radius 1 is 1.37 bits per heavy atom. The Kier molecular flexibility index (Phi) is 5.49. The van der Waals surface area contributed by atoms with Crippen LogP contribution in [0.15, 0.2) is 36.5 Å². The van der Waals surface area contributed by atoms with Crippen LogP contribution in [0.2, 0.25) is 0 Å². The van der Waals surface area contributed by atoms with Crippen molar-refractivity contribution in [1.82, 2.24) is 14.7 Å². The van der Waals surface area contributed by atoms with Crippen molar-refractivity contribution in [3.63, 3.8) is 0 Å². The summed E-state index contributed by atoms with van der Waals surface area (Å²) < 4.78 is 6.35. The second-order valence-electron chi connectivity index (χ2n) is 6.36. The first-order valence-electron chi connectivity index (χ1n) is 8.73. The lowest BCUT2D eigenvalue weighted by atomic mass is 10.3. The Morgan fingerprint density at radius 2 is 2.15 bits per heavy atom. The van der Waals surface area contributed by atoms with Gasteiger partial charge >= 0.3 is 5.97 Å². The van der Waals surface area contributed by atoms with E-state index >= 15 is 0 Å². The second kappa shape index (κ2) is 7.98. The average molecular weight is 372 g/mol. The lowest BCUT2D eigenvalue weighted by molar-refractivity contribution is -0.384. The number of esters is 1. The average Bonchev–Trinajstić information content (AvgIpc) is 3.33. The van der Waals surface area contributed by atoms with Crippen LogP contribution in [-0.2, 0) is 9.53 Å². The molecule has 0 unspecified atom stereocenters. The van der Waals surface area contributed by atoms with Gasteiger partial charge in [0.15, 0.2) is 5.69 Å². The third-order valence-corrected chi connectivity index (χ3v) is 4.20. The van der Waals surface area contributed by atoms with Gasteiger partial charge in [-0.15, -0.1) is 0 Å². The highest BCUT2D eigenvalue weighted by molar-refractivity contribution is 5.94. The summed E-state index contributed by atoms with van der Waals surface area (Å²) in [4.78, 5) is 36.5. The summed E-state index contributed by atoms with van der Waals surface area (Å²) >= 11 is 0. The van der Waals surface area contributed by atoms with Crippen LogP contribution in [0.5, 0.6) is 0 Å². The van der Waals surface area contributed by atoms with Gasteiger partial charge in [0.05, 0.1) is 17.2 Å². The first kappa shape index (κ1) is 18.6. The van der Waals surface area contributed by atoms with Gasteiger partial charge in [0.25, 0.3) is 11.6 Å². The standard InChI is InChI=1S/C18H20N4O5/c1-2-27-17(23)12-20(11-13-6-7-13)18(24)16-8-9-21(19-16)14-4-3-5-15(10-14)22(25)26/h3-5,8-10,13H,2,6-7,11-12H2,1H3. The Hall–Kier alpha value is -3.23. The Bertz CT molecular complexity index is 859. The van der Waals surface area contributed by atoms with Crippen LogP contribution in [0.4, 0.5) is 5.69 Å². The zero-order valence-corrected chi connectivity index (χ0v) is 14.9. The maximum atomic E-state index is 12.8. The fourth-order valence-corrected chi connectivity index (χ4v) is 2.69. The van der Waals surface area contributed by atoms with Gasteiger partial charge in [0.1, 0.15) is 6.54 Å². The Balaban J connectivity index is 1.78. The van der Waals surface area contributed by atoms with Crippen molar-refractivity contribution >= 4 is 17.6 Å². The smallest absolute Gasteiger partial charge is 0.325 e. The topological polar surface area (TPSA) is 108 Å². The quantitative estimate of drug-likeness (QED) is 0.399. The minimum absolute atomic E-state index is 0.0615. The van der Waals surface area contributed by atoms with Crippen LogP contribution in [0, 0.1) is 16.0 Å². The molecule has 0 saturated heterocycles. The summed E-state index contributed by atoms with van der Waals surface area (Å²) in [6.07, 6.45) is 3.63. The number of hydrogen-bond acceptors (Lipinski definition) is 6. The Labute approximate surface area is 155 Å². The van der Waals surface area contributed by atoms with E-state index in [2.05, 4.69) is 5.10 Å². The van der Waals surface area contributed by atoms with Crippen LogP contribution in [0.1, 0.15) is 30.3 Å². The largest absolute Gasteiger partial charge is 0.465 e. The van der Waals surface area contributed by atoms with Gasteiger partial charge < -0.3 is 9.64 Å². The van der Waals surface area contributed by atoms with Crippen LogP contribution in [0.3, 0.4) is 0 Å². The van der Waals surface area contributed by atoms with Gasteiger partial charge in [-0.2, -0.15) is 5.10 Å². The number of non-ortho nitro benzene ring substituents is 1. The molecule has 9 heteroatoms. The number of carbonyl (C=O) groups excluding carboxylic acids is 2. The van der Waals surface area contributed by atoms with E-state index in [-0.39, 0.29) is 30.4 Å². The second-order valence-corrected chi connectivity index (χ2v) is 6.36. The van der Waals surface area contributed by atoms with E-state index in [1.54, 1.807) is 25.3 Å². The molecule has 1 aliphatic carbocycles. The van der Waals surface area contributed by atoms with Crippen LogP contribution in [0.25, 0.3) is 5.69 Å². The number of aromatic nitrogens is 2. The molecular weight excluding hydrogens is 352 g/mol. The first-order valence-corrected chi connectivity index (χ1v) is 8.73. The number of benzene rings is 1. The molecule has 142 valence electrons. The van der Waals surface area contributed by atoms with Crippen molar-refractivity contribution in [2.24, 2.45) is 5.92 Å². The number of nitrogens with zero attached hydrogens (tertiary/aromatic N) is 4. The fraction of sp³-hybridized carbons (Fsp3) is 0.389. The molecule has 2 aromatic rings.